The zero-order valence-electron chi connectivity index (χ0n) is 12.5. The van der Waals surface area contributed by atoms with Crippen LogP contribution in [0.5, 0.6) is 0 Å². The summed E-state index contributed by atoms with van der Waals surface area (Å²) in [7, 11) is -4.05. The lowest BCUT2D eigenvalue weighted by molar-refractivity contribution is 0.0116. The molecule has 0 fully saturated rings. The Balaban J connectivity index is 3.31. The van der Waals surface area contributed by atoms with Gasteiger partial charge in [0.25, 0.3) is 10.1 Å². The summed E-state index contributed by atoms with van der Waals surface area (Å²) < 4.78 is 44.6. The van der Waals surface area contributed by atoms with E-state index in [9.17, 15) is 8.42 Å². The molecule has 0 radical (unpaired) electrons. The molecule has 0 aromatic rings. The van der Waals surface area contributed by atoms with Gasteiger partial charge in [-0.1, -0.05) is 33.1 Å². The highest BCUT2D eigenvalue weighted by Crippen LogP contribution is 2.12. The Labute approximate surface area is 122 Å². The lowest BCUT2D eigenvalue weighted by Gasteiger charge is -2.14. The highest BCUT2D eigenvalue weighted by atomic mass is 32.2. The molecule has 0 bridgehead atoms. The minimum Gasteiger partial charge on any atom is -0.379 e. The third kappa shape index (κ3) is 14.2. The van der Waals surface area contributed by atoms with Crippen molar-refractivity contribution in [2.24, 2.45) is 5.92 Å². The molecule has 0 heterocycles. The largest absolute Gasteiger partial charge is 0.379 e. The van der Waals surface area contributed by atoms with Gasteiger partial charge in [-0.05, 0) is 12.3 Å². The summed E-state index contributed by atoms with van der Waals surface area (Å²) in [5.41, 5.74) is 0. The van der Waals surface area contributed by atoms with Crippen molar-refractivity contribution in [1.82, 2.24) is 0 Å². The van der Waals surface area contributed by atoms with Crippen molar-refractivity contribution in [1.29, 1.82) is 0 Å². The summed E-state index contributed by atoms with van der Waals surface area (Å²) in [5.74, 6) is -0.0734. The van der Waals surface area contributed by atoms with Crippen molar-refractivity contribution < 1.29 is 27.2 Å². The van der Waals surface area contributed by atoms with Gasteiger partial charge in [0.2, 0.25) is 0 Å². The van der Waals surface area contributed by atoms with E-state index in [2.05, 4.69) is 13.8 Å². The van der Waals surface area contributed by atoms with Gasteiger partial charge in [0.15, 0.2) is 5.94 Å². The van der Waals surface area contributed by atoms with Gasteiger partial charge in [0, 0.05) is 6.61 Å². The highest BCUT2D eigenvalue weighted by molar-refractivity contribution is 7.85. The maximum absolute atomic E-state index is 10.3. The molecule has 0 aliphatic carbocycles. The molecule has 0 aromatic heterocycles. The lowest BCUT2D eigenvalue weighted by Crippen LogP contribution is -2.15. The van der Waals surface area contributed by atoms with Gasteiger partial charge in [0.1, 0.15) is 0 Å². The molecule has 20 heavy (non-hydrogen) atoms. The van der Waals surface area contributed by atoms with E-state index in [1.165, 1.54) is 19.3 Å². The molecule has 0 aromatic carbocycles. The van der Waals surface area contributed by atoms with E-state index in [4.69, 9.17) is 18.8 Å². The van der Waals surface area contributed by atoms with E-state index < -0.39 is 16.1 Å². The molecule has 0 aliphatic heterocycles. The number of hydrogen-bond acceptors (Lipinski definition) is 5. The van der Waals surface area contributed by atoms with Crippen molar-refractivity contribution in [3.8, 4) is 0 Å². The first kappa shape index (κ1) is 19.8. The van der Waals surface area contributed by atoms with Gasteiger partial charge in [0.05, 0.1) is 26.4 Å². The average molecular weight is 312 g/mol. The van der Waals surface area contributed by atoms with Crippen LogP contribution in [0.15, 0.2) is 0 Å². The van der Waals surface area contributed by atoms with E-state index in [1.54, 1.807) is 0 Å². The average Bonchev–Trinajstić information content (AvgIpc) is 2.39. The third-order valence-electron chi connectivity index (χ3n) is 2.87. The predicted molar refractivity (Wildman–Crippen MR) is 77.3 cm³/mol. The smallest absolute Gasteiger partial charge is 0.289 e. The Kier molecular flexibility index (Phi) is 12.4. The summed E-state index contributed by atoms with van der Waals surface area (Å²) in [6, 6.07) is 0. The summed E-state index contributed by atoms with van der Waals surface area (Å²) >= 11 is 0. The summed E-state index contributed by atoms with van der Waals surface area (Å²) in [6.45, 7) is 6.53. The van der Waals surface area contributed by atoms with Crippen molar-refractivity contribution in [2.45, 2.75) is 39.5 Å². The van der Waals surface area contributed by atoms with Gasteiger partial charge in [-0.15, -0.1) is 0 Å². The molecule has 122 valence electrons. The summed E-state index contributed by atoms with van der Waals surface area (Å²) in [4.78, 5) is 0. The standard InChI is InChI=1S/C13H28O6S/c1-3-5-6-13(4-2)11-18-9-7-17-8-10-19-12-20(14,15)16/h13H,3-12H2,1-2H3,(H,14,15,16). The van der Waals surface area contributed by atoms with Gasteiger partial charge < -0.3 is 14.2 Å². The Hall–Kier alpha value is -0.210. The topological polar surface area (TPSA) is 82.1 Å². The second-order valence-electron chi connectivity index (χ2n) is 4.71. The first-order valence-corrected chi connectivity index (χ1v) is 8.78. The van der Waals surface area contributed by atoms with Crippen LogP contribution in [0, 0.1) is 5.92 Å². The van der Waals surface area contributed by atoms with Crippen molar-refractivity contribution in [3.63, 3.8) is 0 Å². The number of hydrogen-bond donors (Lipinski definition) is 1. The Morgan fingerprint density at radius 3 is 2.15 bits per heavy atom. The predicted octanol–water partition coefficient (Wildman–Crippen LogP) is 2.10. The Morgan fingerprint density at radius 1 is 1.00 bits per heavy atom. The van der Waals surface area contributed by atoms with Crippen molar-refractivity contribution in [2.75, 3.05) is 39.0 Å². The highest BCUT2D eigenvalue weighted by Gasteiger charge is 2.05. The van der Waals surface area contributed by atoms with Crippen LogP contribution in [0.1, 0.15) is 39.5 Å². The maximum atomic E-state index is 10.3. The van der Waals surface area contributed by atoms with Crippen LogP contribution in [0.4, 0.5) is 0 Å². The minimum atomic E-state index is -4.05. The third-order valence-corrected chi connectivity index (χ3v) is 3.34. The Bertz CT molecular complexity index is 304. The van der Waals surface area contributed by atoms with Crippen LogP contribution in [-0.2, 0) is 24.3 Å². The molecule has 1 atom stereocenters. The fraction of sp³-hybridized carbons (Fsp3) is 1.00. The molecule has 1 N–H and O–H groups in total. The number of unbranched alkanes of at least 4 members (excludes halogenated alkanes) is 1. The molecule has 7 heteroatoms. The quantitative estimate of drug-likeness (QED) is 0.391. The minimum absolute atomic E-state index is 0.133. The van der Waals surface area contributed by atoms with Crippen LogP contribution < -0.4 is 0 Å². The van der Waals surface area contributed by atoms with E-state index >= 15 is 0 Å². The number of ether oxygens (including phenoxy) is 3. The van der Waals surface area contributed by atoms with Gasteiger partial charge >= 0.3 is 0 Å². The fourth-order valence-electron chi connectivity index (χ4n) is 1.65. The molecule has 0 aliphatic rings. The first-order valence-electron chi connectivity index (χ1n) is 7.18. The van der Waals surface area contributed by atoms with E-state index in [0.717, 1.165) is 13.0 Å². The maximum Gasteiger partial charge on any atom is 0.289 e. The van der Waals surface area contributed by atoms with Crippen LogP contribution in [0.25, 0.3) is 0 Å². The first-order chi connectivity index (χ1) is 9.49. The van der Waals surface area contributed by atoms with E-state index in [-0.39, 0.29) is 13.2 Å². The van der Waals surface area contributed by atoms with Crippen molar-refractivity contribution in [3.05, 3.63) is 0 Å². The second-order valence-corrected chi connectivity index (χ2v) is 6.11. The molecule has 0 rings (SSSR count). The molecule has 0 spiro atoms. The zero-order valence-corrected chi connectivity index (χ0v) is 13.4. The fourth-order valence-corrected chi connectivity index (χ4v) is 1.98. The molecular formula is C13H28O6S. The second kappa shape index (κ2) is 12.5. The molecule has 0 amide bonds. The number of rotatable bonds is 14. The summed E-state index contributed by atoms with van der Waals surface area (Å²) in [6.07, 6.45) is 4.79. The van der Waals surface area contributed by atoms with Gasteiger partial charge in [-0.3, -0.25) is 4.55 Å². The van der Waals surface area contributed by atoms with Crippen LogP contribution >= 0.6 is 0 Å². The van der Waals surface area contributed by atoms with Crippen LogP contribution in [-0.4, -0.2) is 51.9 Å². The molecule has 6 nitrogen and oxygen atoms in total. The normalized spacial score (nSPS) is 13.6. The zero-order chi connectivity index (χ0) is 15.3. The Morgan fingerprint density at radius 2 is 1.60 bits per heavy atom. The lowest BCUT2D eigenvalue weighted by atomic mass is 10.0. The molecule has 0 saturated heterocycles. The SMILES string of the molecule is CCCCC(CC)COCCOCCOCS(=O)(=O)O. The van der Waals surface area contributed by atoms with E-state index in [0.29, 0.717) is 19.1 Å². The molecular weight excluding hydrogens is 284 g/mol. The molecule has 1 unspecified atom stereocenters. The monoisotopic (exact) mass is 312 g/mol. The molecule has 0 saturated carbocycles. The van der Waals surface area contributed by atoms with Crippen molar-refractivity contribution >= 4 is 10.1 Å². The van der Waals surface area contributed by atoms with Crippen LogP contribution in [0.2, 0.25) is 0 Å². The van der Waals surface area contributed by atoms with E-state index in [1.807, 2.05) is 0 Å². The van der Waals surface area contributed by atoms with Gasteiger partial charge in [-0.25, -0.2) is 0 Å². The summed E-state index contributed by atoms with van der Waals surface area (Å²) in [5, 5.41) is 0. The van der Waals surface area contributed by atoms with Crippen LogP contribution in [0.3, 0.4) is 0 Å². The van der Waals surface area contributed by atoms with Gasteiger partial charge in [-0.2, -0.15) is 8.42 Å².